The molecule has 156 valence electrons. The molecule has 3 rings (SSSR count). The van der Waals surface area contributed by atoms with Gasteiger partial charge in [-0.15, -0.1) is 0 Å². The molecular weight excluding hydrogens is 370 g/mol. The number of H-pyrrole nitrogens is 1. The maximum absolute atomic E-state index is 12.3. The molecule has 2 amide bonds. The van der Waals surface area contributed by atoms with Gasteiger partial charge in [0.2, 0.25) is 5.91 Å². The quantitative estimate of drug-likeness (QED) is 0.540. The summed E-state index contributed by atoms with van der Waals surface area (Å²) in [7, 11) is 0. The second-order valence-corrected chi connectivity index (χ2v) is 7.91. The number of nitrogens with one attached hydrogen (secondary N) is 3. The monoisotopic (exact) mass is 399 g/mol. The molecule has 0 spiro atoms. The summed E-state index contributed by atoms with van der Waals surface area (Å²) in [6, 6.07) is 5.65. The number of aryl methyl sites for hydroxylation is 1. The van der Waals surface area contributed by atoms with Crippen molar-refractivity contribution in [3.63, 3.8) is 0 Å². The van der Waals surface area contributed by atoms with E-state index >= 15 is 0 Å². The predicted molar refractivity (Wildman–Crippen MR) is 110 cm³/mol. The Morgan fingerprint density at radius 2 is 2.17 bits per heavy atom. The van der Waals surface area contributed by atoms with Gasteiger partial charge in [0.05, 0.1) is 6.42 Å². The summed E-state index contributed by atoms with van der Waals surface area (Å²) in [5.41, 5.74) is 2.84. The van der Waals surface area contributed by atoms with E-state index in [2.05, 4.69) is 25.8 Å². The fraction of sp³-hybridized carbons (Fsp3) is 0.524. The average Bonchev–Trinajstić information content (AvgIpc) is 3.30. The minimum Gasteiger partial charge on any atom is -0.465 e. The second-order valence-electron chi connectivity index (χ2n) is 7.91. The Bertz CT molecular complexity index is 850. The molecule has 3 atom stereocenters. The minimum atomic E-state index is -0.956. The van der Waals surface area contributed by atoms with Crippen LogP contribution in [0.3, 0.4) is 0 Å². The minimum absolute atomic E-state index is 0.00434. The molecule has 4 N–H and O–H groups in total. The number of carboxylic acid groups (broad SMARTS) is 1. The van der Waals surface area contributed by atoms with Gasteiger partial charge in [-0.3, -0.25) is 14.9 Å². The van der Waals surface area contributed by atoms with Crippen LogP contribution < -0.4 is 10.6 Å². The number of hydrogen-bond donors (Lipinski definition) is 4. The van der Waals surface area contributed by atoms with Crippen LogP contribution in [0.25, 0.3) is 0 Å². The van der Waals surface area contributed by atoms with E-state index in [1.165, 1.54) is 0 Å². The van der Waals surface area contributed by atoms with Crippen molar-refractivity contribution in [2.24, 2.45) is 5.92 Å². The van der Waals surface area contributed by atoms with Crippen LogP contribution in [-0.4, -0.2) is 38.3 Å². The van der Waals surface area contributed by atoms with Crippen molar-refractivity contribution in [1.82, 2.24) is 20.5 Å². The van der Waals surface area contributed by atoms with Gasteiger partial charge in [0, 0.05) is 35.6 Å². The lowest BCUT2D eigenvalue weighted by atomic mass is 9.95. The Balaban J connectivity index is 1.51. The van der Waals surface area contributed by atoms with Gasteiger partial charge in [-0.25, -0.2) is 4.79 Å². The van der Waals surface area contributed by atoms with Gasteiger partial charge in [-0.05, 0) is 62.6 Å². The number of carbonyl (C=O) groups excluding carboxylic acids is 1. The van der Waals surface area contributed by atoms with Crippen molar-refractivity contribution in [2.75, 3.05) is 5.32 Å². The van der Waals surface area contributed by atoms with Gasteiger partial charge in [-0.1, -0.05) is 6.92 Å². The molecular formula is C21H29N5O3. The van der Waals surface area contributed by atoms with Crippen molar-refractivity contribution in [3.05, 3.63) is 41.3 Å². The van der Waals surface area contributed by atoms with E-state index in [0.717, 1.165) is 49.1 Å². The van der Waals surface area contributed by atoms with E-state index < -0.39 is 6.09 Å². The Morgan fingerprint density at radius 1 is 1.34 bits per heavy atom. The predicted octanol–water partition coefficient (Wildman–Crippen LogP) is 3.61. The number of nitrogens with zero attached hydrogens (tertiary/aromatic N) is 2. The summed E-state index contributed by atoms with van der Waals surface area (Å²) in [5.74, 6) is 1.29. The lowest BCUT2D eigenvalue weighted by Gasteiger charge is -2.19. The van der Waals surface area contributed by atoms with E-state index in [1.807, 2.05) is 32.0 Å². The summed E-state index contributed by atoms with van der Waals surface area (Å²) < 4.78 is 0. The average molecular weight is 399 g/mol. The number of pyridine rings is 1. The number of rotatable bonds is 8. The highest BCUT2D eigenvalue weighted by molar-refractivity contribution is 5.91. The summed E-state index contributed by atoms with van der Waals surface area (Å²) in [5, 5.41) is 21.7. The zero-order chi connectivity index (χ0) is 20.8. The molecule has 1 aliphatic rings. The van der Waals surface area contributed by atoms with Crippen LogP contribution in [0.15, 0.2) is 24.4 Å². The smallest absolute Gasteiger partial charge is 0.404 e. The number of aromatic amines is 1. The van der Waals surface area contributed by atoms with Crippen LogP contribution in [0.5, 0.6) is 0 Å². The van der Waals surface area contributed by atoms with E-state index in [0.29, 0.717) is 17.7 Å². The summed E-state index contributed by atoms with van der Waals surface area (Å²) >= 11 is 0. The van der Waals surface area contributed by atoms with Crippen molar-refractivity contribution in [1.29, 1.82) is 0 Å². The van der Waals surface area contributed by atoms with Gasteiger partial charge in [0.15, 0.2) is 5.82 Å². The lowest BCUT2D eigenvalue weighted by Crippen LogP contribution is -2.34. The van der Waals surface area contributed by atoms with Crippen molar-refractivity contribution < 1.29 is 14.7 Å². The lowest BCUT2D eigenvalue weighted by molar-refractivity contribution is -0.115. The first-order valence-corrected chi connectivity index (χ1v) is 10.2. The third-order valence-corrected chi connectivity index (χ3v) is 5.61. The molecule has 2 aromatic rings. The second kappa shape index (κ2) is 9.54. The van der Waals surface area contributed by atoms with E-state index in [9.17, 15) is 9.59 Å². The van der Waals surface area contributed by atoms with Crippen LogP contribution in [0.2, 0.25) is 0 Å². The van der Waals surface area contributed by atoms with E-state index in [4.69, 9.17) is 5.11 Å². The van der Waals surface area contributed by atoms with Gasteiger partial charge in [-0.2, -0.15) is 5.10 Å². The van der Waals surface area contributed by atoms with Gasteiger partial charge < -0.3 is 15.7 Å². The van der Waals surface area contributed by atoms with Crippen molar-refractivity contribution in [3.8, 4) is 0 Å². The molecule has 1 aliphatic carbocycles. The van der Waals surface area contributed by atoms with Crippen molar-refractivity contribution in [2.45, 2.75) is 64.3 Å². The van der Waals surface area contributed by atoms with Gasteiger partial charge in [0.1, 0.15) is 0 Å². The Labute approximate surface area is 170 Å². The molecule has 0 saturated heterocycles. The Kier molecular flexibility index (Phi) is 6.85. The van der Waals surface area contributed by atoms with Crippen LogP contribution in [0.4, 0.5) is 10.6 Å². The fourth-order valence-corrected chi connectivity index (χ4v) is 4.17. The molecule has 1 fully saturated rings. The highest BCUT2D eigenvalue weighted by Gasteiger charge is 2.29. The maximum atomic E-state index is 12.3. The van der Waals surface area contributed by atoms with E-state index in [1.54, 1.807) is 6.20 Å². The molecule has 8 nitrogen and oxygen atoms in total. The first-order chi connectivity index (χ1) is 13.9. The number of carbonyl (C=O) groups is 2. The summed E-state index contributed by atoms with van der Waals surface area (Å²) in [6.45, 7) is 3.90. The topological polar surface area (TPSA) is 120 Å². The normalized spacial score (nSPS) is 19.7. The fourth-order valence-electron chi connectivity index (χ4n) is 4.17. The standard InChI is InChI=1S/C21H29N5O3/c1-3-17(23-21(28)29)10-14-4-5-16(9-14)18-12-19(26-25-18)24-20(27)11-15-6-7-22-13(2)8-15/h6-8,12,14,16-17,23H,3-5,9-11H2,1-2H3,(H,28,29)(H2,24,25,26,27). The summed E-state index contributed by atoms with van der Waals surface area (Å²) in [6.07, 6.45) is 5.81. The highest BCUT2D eigenvalue weighted by atomic mass is 16.4. The number of anilines is 1. The van der Waals surface area contributed by atoms with E-state index in [-0.39, 0.29) is 18.4 Å². The zero-order valence-electron chi connectivity index (χ0n) is 16.9. The Hall–Kier alpha value is -2.90. The molecule has 8 heteroatoms. The van der Waals surface area contributed by atoms with Gasteiger partial charge >= 0.3 is 6.09 Å². The molecule has 0 aromatic carbocycles. The molecule has 0 radical (unpaired) electrons. The first-order valence-electron chi connectivity index (χ1n) is 10.2. The largest absolute Gasteiger partial charge is 0.465 e. The number of aromatic nitrogens is 3. The van der Waals surface area contributed by atoms with Crippen LogP contribution in [0, 0.1) is 12.8 Å². The molecule has 1 saturated carbocycles. The number of hydrogen-bond acceptors (Lipinski definition) is 4. The Morgan fingerprint density at radius 3 is 2.90 bits per heavy atom. The third kappa shape index (κ3) is 6.04. The van der Waals surface area contributed by atoms with Crippen LogP contribution in [0.1, 0.15) is 61.9 Å². The SMILES string of the molecule is CCC(CC1CCC(c2cc(NC(=O)Cc3ccnc(C)c3)n[nH]2)C1)NC(=O)O. The molecule has 0 aliphatic heterocycles. The summed E-state index contributed by atoms with van der Waals surface area (Å²) in [4.78, 5) is 27.3. The third-order valence-electron chi connectivity index (χ3n) is 5.61. The molecule has 2 aromatic heterocycles. The zero-order valence-corrected chi connectivity index (χ0v) is 16.9. The molecule has 2 heterocycles. The molecule has 29 heavy (non-hydrogen) atoms. The molecule has 0 bridgehead atoms. The first kappa shape index (κ1) is 20.8. The van der Waals surface area contributed by atoms with Crippen LogP contribution in [-0.2, 0) is 11.2 Å². The van der Waals surface area contributed by atoms with Gasteiger partial charge in [0.25, 0.3) is 0 Å². The number of amides is 2. The highest BCUT2D eigenvalue weighted by Crippen LogP contribution is 2.40. The van der Waals surface area contributed by atoms with Crippen molar-refractivity contribution >= 4 is 17.8 Å². The van der Waals surface area contributed by atoms with Crippen LogP contribution >= 0.6 is 0 Å². The maximum Gasteiger partial charge on any atom is 0.404 e. The molecule has 3 unspecified atom stereocenters.